The van der Waals surface area contributed by atoms with Crippen molar-refractivity contribution in [1.29, 1.82) is 0 Å². The van der Waals surface area contributed by atoms with E-state index in [1.807, 2.05) is 37.8 Å². The van der Waals surface area contributed by atoms with Crippen LogP contribution >= 0.6 is 0 Å². The normalized spacial score (nSPS) is 18.4. The number of hydrogen-bond acceptors (Lipinski definition) is 4. The maximum Gasteiger partial charge on any atom is 0.238 e. The Balaban J connectivity index is 1.97. The summed E-state index contributed by atoms with van der Waals surface area (Å²) in [7, 11) is -2.90. The highest BCUT2D eigenvalue weighted by Crippen LogP contribution is 2.21. The lowest BCUT2D eigenvalue weighted by atomic mass is 10.1. The number of nitrogens with zero attached hydrogens (tertiary/aromatic N) is 1. The number of carbonyl (C=O) groups excluding carboxylic acids is 1. The molecule has 1 aromatic carbocycles. The van der Waals surface area contributed by atoms with Crippen LogP contribution in [0, 0.1) is 20.8 Å². The summed E-state index contributed by atoms with van der Waals surface area (Å²) in [5, 5.41) is 2.94. The largest absolute Gasteiger partial charge is 0.324 e. The highest BCUT2D eigenvalue weighted by atomic mass is 32.2. The second-order valence-corrected chi connectivity index (χ2v) is 8.05. The molecule has 0 unspecified atom stereocenters. The molecule has 1 aliphatic heterocycles. The molecular weight excluding hydrogens is 288 g/mol. The Labute approximate surface area is 126 Å². The Hall–Kier alpha value is -1.40. The van der Waals surface area contributed by atoms with Crippen LogP contribution in [0.15, 0.2) is 12.1 Å². The van der Waals surface area contributed by atoms with Crippen LogP contribution in [0.1, 0.15) is 16.7 Å². The van der Waals surface area contributed by atoms with Crippen molar-refractivity contribution in [3.05, 3.63) is 28.8 Å². The molecule has 1 aliphatic rings. The first-order chi connectivity index (χ1) is 9.77. The van der Waals surface area contributed by atoms with Crippen LogP contribution in [0.4, 0.5) is 5.69 Å². The van der Waals surface area contributed by atoms with Gasteiger partial charge >= 0.3 is 0 Å². The molecule has 21 heavy (non-hydrogen) atoms. The van der Waals surface area contributed by atoms with E-state index in [1.54, 1.807) is 0 Å². The molecule has 5 nitrogen and oxygen atoms in total. The van der Waals surface area contributed by atoms with E-state index in [2.05, 4.69) is 5.32 Å². The highest BCUT2D eigenvalue weighted by Gasteiger charge is 2.23. The zero-order valence-corrected chi connectivity index (χ0v) is 13.6. The van der Waals surface area contributed by atoms with Gasteiger partial charge in [-0.3, -0.25) is 9.69 Å². The molecule has 0 radical (unpaired) electrons. The van der Waals surface area contributed by atoms with Crippen molar-refractivity contribution in [2.75, 3.05) is 36.5 Å². The summed E-state index contributed by atoms with van der Waals surface area (Å²) in [5.74, 6) is 0.190. The summed E-state index contributed by atoms with van der Waals surface area (Å²) in [4.78, 5) is 14.0. The first kappa shape index (κ1) is 16.0. The first-order valence-electron chi connectivity index (χ1n) is 7.07. The monoisotopic (exact) mass is 310 g/mol. The smallest absolute Gasteiger partial charge is 0.238 e. The standard InChI is InChI=1S/C15H22N2O3S/c1-11-8-12(2)15(13(3)9-11)16-14(18)10-17-4-6-21(19,20)7-5-17/h8-9H,4-7,10H2,1-3H3,(H,16,18). The van der Waals surface area contributed by atoms with E-state index in [1.165, 1.54) is 5.56 Å². The third-order valence-electron chi connectivity index (χ3n) is 3.75. The van der Waals surface area contributed by atoms with Crippen molar-refractivity contribution in [2.24, 2.45) is 0 Å². The molecule has 1 aromatic rings. The van der Waals surface area contributed by atoms with E-state index in [4.69, 9.17) is 0 Å². The third-order valence-corrected chi connectivity index (χ3v) is 5.35. The van der Waals surface area contributed by atoms with E-state index in [0.29, 0.717) is 13.1 Å². The van der Waals surface area contributed by atoms with Crippen LogP contribution in [0.25, 0.3) is 0 Å². The molecule has 0 aromatic heterocycles. The molecule has 2 rings (SSSR count). The lowest BCUT2D eigenvalue weighted by Gasteiger charge is -2.26. The predicted molar refractivity (Wildman–Crippen MR) is 84.4 cm³/mol. The average Bonchev–Trinajstić information content (AvgIpc) is 2.36. The Kier molecular flexibility index (Phi) is 4.68. The number of aryl methyl sites for hydroxylation is 3. The predicted octanol–water partition coefficient (Wildman–Crippen LogP) is 1.28. The maximum atomic E-state index is 12.1. The third kappa shape index (κ3) is 4.28. The van der Waals surface area contributed by atoms with Crippen molar-refractivity contribution in [3.8, 4) is 0 Å². The fourth-order valence-corrected chi connectivity index (χ4v) is 3.94. The molecule has 0 spiro atoms. The number of hydrogen-bond donors (Lipinski definition) is 1. The second kappa shape index (κ2) is 6.15. The van der Waals surface area contributed by atoms with Crippen molar-refractivity contribution in [3.63, 3.8) is 0 Å². The van der Waals surface area contributed by atoms with Gasteiger partial charge in [0.1, 0.15) is 0 Å². The van der Waals surface area contributed by atoms with Crippen LogP contribution in [0.3, 0.4) is 0 Å². The number of amides is 1. The molecule has 0 bridgehead atoms. The maximum absolute atomic E-state index is 12.1. The molecule has 6 heteroatoms. The summed E-state index contributed by atoms with van der Waals surface area (Å²) in [6.07, 6.45) is 0. The second-order valence-electron chi connectivity index (χ2n) is 5.75. The van der Waals surface area contributed by atoms with Gasteiger partial charge in [0, 0.05) is 18.8 Å². The molecule has 0 atom stereocenters. The summed E-state index contributed by atoms with van der Waals surface area (Å²) in [6, 6.07) is 4.08. The van der Waals surface area contributed by atoms with E-state index < -0.39 is 9.84 Å². The van der Waals surface area contributed by atoms with Gasteiger partial charge in [-0.05, 0) is 31.9 Å². The van der Waals surface area contributed by atoms with Crippen LogP contribution in [-0.4, -0.2) is 50.4 Å². The highest BCUT2D eigenvalue weighted by molar-refractivity contribution is 7.91. The van der Waals surface area contributed by atoms with Gasteiger partial charge in [-0.25, -0.2) is 8.42 Å². The van der Waals surface area contributed by atoms with Gasteiger partial charge in [-0.15, -0.1) is 0 Å². The van der Waals surface area contributed by atoms with Crippen LogP contribution in [0.2, 0.25) is 0 Å². The number of rotatable bonds is 3. The van der Waals surface area contributed by atoms with E-state index in [9.17, 15) is 13.2 Å². The molecule has 1 saturated heterocycles. The molecule has 1 fully saturated rings. The van der Waals surface area contributed by atoms with E-state index in [0.717, 1.165) is 16.8 Å². The summed E-state index contributed by atoms with van der Waals surface area (Å²) >= 11 is 0. The number of sulfone groups is 1. The van der Waals surface area contributed by atoms with Gasteiger partial charge in [-0.2, -0.15) is 0 Å². The zero-order chi connectivity index (χ0) is 15.6. The fourth-order valence-electron chi connectivity index (χ4n) is 2.67. The number of nitrogens with one attached hydrogen (secondary N) is 1. The number of carbonyl (C=O) groups is 1. The minimum Gasteiger partial charge on any atom is -0.324 e. The van der Waals surface area contributed by atoms with Crippen LogP contribution in [0.5, 0.6) is 0 Å². The summed E-state index contributed by atoms with van der Waals surface area (Å²) < 4.78 is 22.7. The topological polar surface area (TPSA) is 66.5 Å². The van der Waals surface area contributed by atoms with Crippen molar-refractivity contribution in [2.45, 2.75) is 20.8 Å². The van der Waals surface area contributed by atoms with Gasteiger partial charge in [0.2, 0.25) is 5.91 Å². The molecule has 0 aliphatic carbocycles. The van der Waals surface area contributed by atoms with E-state index >= 15 is 0 Å². The summed E-state index contributed by atoms with van der Waals surface area (Å²) in [5.41, 5.74) is 4.11. The quantitative estimate of drug-likeness (QED) is 0.913. The van der Waals surface area contributed by atoms with Crippen LogP contribution < -0.4 is 5.32 Å². The molecular formula is C15H22N2O3S. The summed E-state index contributed by atoms with van der Waals surface area (Å²) in [6.45, 7) is 7.08. The lowest BCUT2D eigenvalue weighted by molar-refractivity contribution is -0.117. The van der Waals surface area contributed by atoms with Crippen LogP contribution in [-0.2, 0) is 14.6 Å². The molecule has 116 valence electrons. The molecule has 1 N–H and O–H groups in total. The van der Waals surface area contributed by atoms with E-state index in [-0.39, 0.29) is 24.0 Å². The average molecular weight is 310 g/mol. The Bertz CT molecular complexity index is 616. The minimum atomic E-state index is -2.90. The van der Waals surface area contributed by atoms with Gasteiger partial charge < -0.3 is 5.32 Å². The molecule has 0 saturated carbocycles. The number of anilines is 1. The van der Waals surface area contributed by atoms with Crippen molar-refractivity contribution >= 4 is 21.4 Å². The minimum absolute atomic E-state index is 0.0932. The lowest BCUT2D eigenvalue weighted by Crippen LogP contribution is -2.44. The Morgan fingerprint density at radius 3 is 2.19 bits per heavy atom. The first-order valence-corrected chi connectivity index (χ1v) is 8.89. The van der Waals surface area contributed by atoms with Gasteiger partial charge in [0.05, 0.1) is 18.1 Å². The van der Waals surface area contributed by atoms with Crippen molar-refractivity contribution < 1.29 is 13.2 Å². The molecule has 1 heterocycles. The van der Waals surface area contributed by atoms with Gasteiger partial charge in [-0.1, -0.05) is 17.7 Å². The Morgan fingerprint density at radius 1 is 1.14 bits per heavy atom. The molecule has 1 amide bonds. The van der Waals surface area contributed by atoms with Gasteiger partial charge in [0.25, 0.3) is 0 Å². The fraction of sp³-hybridized carbons (Fsp3) is 0.533. The zero-order valence-electron chi connectivity index (χ0n) is 12.8. The number of benzene rings is 1. The Morgan fingerprint density at radius 2 is 1.67 bits per heavy atom. The van der Waals surface area contributed by atoms with Gasteiger partial charge in [0.15, 0.2) is 9.84 Å². The SMILES string of the molecule is Cc1cc(C)c(NC(=O)CN2CCS(=O)(=O)CC2)c(C)c1. The van der Waals surface area contributed by atoms with Crippen molar-refractivity contribution in [1.82, 2.24) is 4.90 Å².